The molecular formula is C18H21N3O4S2. The van der Waals surface area contributed by atoms with Gasteiger partial charge in [0.25, 0.3) is 5.91 Å². The number of primary amides is 1. The van der Waals surface area contributed by atoms with Crippen LogP contribution >= 0.6 is 11.3 Å². The maximum Gasteiger partial charge on any atom is 0.251 e. The van der Waals surface area contributed by atoms with Gasteiger partial charge < -0.3 is 16.0 Å². The Labute approximate surface area is 162 Å². The molecule has 0 radical (unpaired) electrons. The van der Waals surface area contributed by atoms with E-state index in [-0.39, 0.29) is 17.2 Å². The number of nitrogens with one attached hydrogen (secondary N) is 1. The lowest BCUT2D eigenvalue weighted by Crippen LogP contribution is -2.27. The van der Waals surface area contributed by atoms with E-state index in [9.17, 15) is 18.0 Å². The predicted molar refractivity (Wildman–Crippen MR) is 105 cm³/mol. The number of likely N-dealkylation sites (N-methyl/N-ethyl adjacent to an activating group) is 1. The van der Waals surface area contributed by atoms with E-state index < -0.39 is 15.7 Å². The number of thiophene rings is 1. The maximum absolute atomic E-state index is 12.4. The van der Waals surface area contributed by atoms with Crippen molar-refractivity contribution in [2.24, 2.45) is 5.73 Å². The molecule has 1 aromatic heterocycles. The topological polar surface area (TPSA) is 110 Å². The summed E-state index contributed by atoms with van der Waals surface area (Å²) in [5.41, 5.74) is 7.57. The van der Waals surface area contributed by atoms with Crippen LogP contribution in [0.2, 0.25) is 0 Å². The van der Waals surface area contributed by atoms with Gasteiger partial charge in [-0.15, -0.1) is 11.3 Å². The van der Waals surface area contributed by atoms with E-state index in [0.717, 1.165) is 36.2 Å². The highest BCUT2D eigenvalue weighted by Crippen LogP contribution is 2.36. The smallest absolute Gasteiger partial charge is 0.251 e. The number of carbonyl (C=O) groups is 2. The summed E-state index contributed by atoms with van der Waals surface area (Å²) in [4.78, 5) is 27.7. The zero-order valence-corrected chi connectivity index (χ0v) is 16.7. The Morgan fingerprint density at radius 1 is 1.26 bits per heavy atom. The van der Waals surface area contributed by atoms with Gasteiger partial charge in [0, 0.05) is 24.2 Å². The number of hydrogen-bond donors (Lipinski definition) is 2. The monoisotopic (exact) mass is 407 g/mol. The van der Waals surface area contributed by atoms with Crippen molar-refractivity contribution in [3.63, 3.8) is 0 Å². The van der Waals surface area contributed by atoms with Gasteiger partial charge in [0.15, 0.2) is 9.84 Å². The Morgan fingerprint density at radius 3 is 2.52 bits per heavy atom. The van der Waals surface area contributed by atoms with Gasteiger partial charge in [0.1, 0.15) is 5.00 Å². The van der Waals surface area contributed by atoms with E-state index in [1.54, 1.807) is 12.1 Å². The van der Waals surface area contributed by atoms with Crippen LogP contribution in [0.1, 0.15) is 26.4 Å². The van der Waals surface area contributed by atoms with Gasteiger partial charge in [0.05, 0.1) is 16.9 Å². The third kappa shape index (κ3) is 4.37. The average molecular weight is 408 g/mol. The van der Waals surface area contributed by atoms with Gasteiger partial charge in [-0.2, -0.15) is 0 Å². The quantitative estimate of drug-likeness (QED) is 0.779. The van der Waals surface area contributed by atoms with Crippen molar-refractivity contribution in [2.75, 3.05) is 25.2 Å². The molecule has 0 saturated carbocycles. The number of benzene rings is 1. The summed E-state index contributed by atoms with van der Waals surface area (Å²) in [6.07, 6.45) is 1.93. The molecule has 144 valence electrons. The minimum absolute atomic E-state index is 0.0741. The maximum atomic E-state index is 12.4. The second-order valence-electron chi connectivity index (χ2n) is 6.70. The lowest BCUT2D eigenvalue weighted by Gasteiger charge is -2.22. The zero-order valence-electron chi connectivity index (χ0n) is 15.1. The number of nitrogens with zero attached hydrogens (tertiary/aromatic N) is 1. The third-order valence-corrected chi connectivity index (χ3v) is 6.72. The van der Waals surface area contributed by atoms with Crippen LogP contribution in [0, 0.1) is 0 Å². The van der Waals surface area contributed by atoms with E-state index in [2.05, 4.69) is 10.2 Å². The first-order valence-electron chi connectivity index (χ1n) is 8.37. The molecule has 3 N–H and O–H groups in total. The van der Waals surface area contributed by atoms with E-state index in [1.165, 1.54) is 23.5 Å². The zero-order chi connectivity index (χ0) is 19.8. The second kappa shape index (κ2) is 7.41. The number of anilines is 1. The summed E-state index contributed by atoms with van der Waals surface area (Å²) >= 11 is 1.38. The van der Waals surface area contributed by atoms with E-state index in [4.69, 9.17) is 5.73 Å². The van der Waals surface area contributed by atoms with Crippen LogP contribution in [-0.4, -0.2) is 45.0 Å². The molecule has 0 spiro atoms. The normalized spacial score (nSPS) is 14.6. The van der Waals surface area contributed by atoms with Crippen molar-refractivity contribution in [1.82, 2.24) is 4.90 Å². The number of amides is 2. The van der Waals surface area contributed by atoms with Crippen LogP contribution in [0.25, 0.3) is 0 Å². The van der Waals surface area contributed by atoms with Crippen molar-refractivity contribution in [3.05, 3.63) is 45.8 Å². The molecule has 27 heavy (non-hydrogen) atoms. The van der Waals surface area contributed by atoms with Crippen LogP contribution in [0.15, 0.2) is 29.2 Å². The number of rotatable bonds is 5. The lowest BCUT2D eigenvalue weighted by molar-refractivity contribution is -0.115. The number of hydrogen-bond acceptors (Lipinski definition) is 6. The highest BCUT2D eigenvalue weighted by molar-refractivity contribution is 7.90. The van der Waals surface area contributed by atoms with Crippen molar-refractivity contribution < 1.29 is 18.0 Å². The summed E-state index contributed by atoms with van der Waals surface area (Å²) in [5.74, 6) is -0.818. The van der Waals surface area contributed by atoms with Crippen LogP contribution < -0.4 is 11.1 Å². The largest absolute Gasteiger partial charge is 0.365 e. The minimum atomic E-state index is -3.27. The van der Waals surface area contributed by atoms with E-state index in [1.807, 2.05) is 7.05 Å². The fraction of sp³-hybridized carbons (Fsp3) is 0.333. The summed E-state index contributed by atoms with van der Waals surface area (Å²) in [6.45, 7) is 1.56. The molecule has 0 saturated heterocycles. The molecule has 3 rings (SSSR count). The van der Waals surface area contributed by atoms with Crippen LogP contribution in [0.5, 0.6) is 0 Å². The molecule has 2 amide bonds. The summed E-state index contributed by atoms with van der Waals surface area (Å²) in [6, 6.07) is 6.18. The van der Waals surface area contributed by atoms with E-state index in [0.29, 0.717) is 16.1 Å². The minimum Gasteiger partial charge on any atom is -0.365 e. The van der Waals surface area contributed by atoms with Gasteiger partial charge in [-0.1, -0.05) is 12.1 Å². The van der Waals surface area contributed by atoms with Gasteiger partial charge in [-0.3, -0.25) is 9.59 Å². The SMILES string of the molecule is CN1CCc2c(sc(NC(=O)Cc3ccc(S(C)(=O)=O)cc3)c2C(N)=O)C1. The number of carbonyl (C=O) groups excluding carboxylic acids is 2. The molecule has 0 atom stereocenters. The van der Waals surface area contributed by atoms with Gasteiger partial charge in [-0.05, 0) is 36.7 Å². The van der Waals surface area contributed by atoms with Crippen LogP contribution in [0.4, 0.5) is 5.00 Å². The van der Waals surface area contributed by atoms with Crippen molar-refractivity contribution in [1.29, 1.82) is 0 Å². The predicted octanol–water partition coefficient (Wildman–Crippen LogP) is 1.42. The molecule has 2 heterocycles. The highest BCUT2D eigenvalue weighted by Gasteiger charge is 2.26. The third-order valence-electron chi connectivity index (χ3n) is 4.46. The van der Waals surface area contributed by atoms with Crippen LogP contribution in [-0.2, 0) is 34.0 Å². The molecule has 0 fully saturated rings. The Balaban J connectivity index is 1.77. The molecular weight excluding hydrogens is 386 g/mol. The molecule has 0 aliphatic carbocycles. The Kier molecular flexibility index (Phi) is 5.36. The van der Waals surface area contributed by atoms with Gasteiger partial charge >= 0.3 is 0 Å². The van der Waals surface area contributed by atoms with Crippen molar-refractivity contribution >= 4 is 38.0 Å². The number of nitrogens with two attached hydrogens (primary N) is 1. The Bertz CT molecular complexity index is 994. The van der Waals surface area contributed by atoms with Gasteiger partial charge in [0.2, 0.25) is 5.91 Å². The molecule has 9 heteroatoms. The Hall–Kier alpha value is -2.23. The first-order chi connectivity index (χ1) is 12.6. The molecule has 0 bridgehead atoms. The standard InChI is InChI=1S/C18H21N3O4S2/c1-21-8-7-13-14(10-21)26-18(16(13)17(19)23)20-15(22)9-11-3-5-12(6-4-11)27(2,24)25/h3-6H,7-10H2,1-2H3,(H2,19,23)(H,20,22). The summed E-state index contributed by atoms with van der Waals surface area (Å²) < 4.78 is 23.0. The molecule has 1 aliphatic rings. The lowest BCUT2D eigenvalue weighted by atomic mass is 10.0. The fourth-order valence-corrected chi connectivity index (χ4v) is 5.07. The van der Waals surface area contributed by atoms with E-state index >= 15 is 0 Å². The molecule has 0 unspecified atom stereocenters. The molecule has 2 aromatic rings. The van der Waals surface area contributed by atoms with Crippen molar-refractivity contribution in [2.45, 2.75) is 24.3 Å². The van der Waals surface area contributed by atoms with Gasteiger partial charge in [-0.25, -0.2) is 8.42 Å². The average Bonchev–Trinajstić information content (AvgIpc) is 2.91. The molecule has 1 aliphatic heterocycles. The highest BCUT2D eigenvalue weighted by atomic mass is 32.2. The summed E-state index contributed by atoms with van der Waals surface area (Å²) in [7, 11) is -1.27. The number of sulfone groups is 1. The van der Waals surface area contributed by atoms with Crippen LogP contribution in [0.3, 0.4) is 0 Å². The molecule has 1 aromatic carbocycles. The number of fused-ring (bicyclic) bond motifs is 1. The first kappa shape index (κ1) is 19.5. The Morgan fingerprint density at radius 2 is 1.93 bits per heavy atom. The molecule has 7 nitrogen and oxygen atoms in total. The van der Waals surface area contributed by atoms with Crippen molar-refractivity contribution in [3.8, 4) is 0 Å². The first-order valence-corrected chi connectivity index (χ1v) is 11.1. The summed E-state index contributed by atoms with van der Waals surface area (Å²) in [5, 5.41) is 3.29. The fourth-order valence-electron chi connectivity index (χ4n) is 3.09. The second-order valence-corrected chi connectivity index (χ2v) is 9.82.